The first kappa shape index (κ1) is 8.71. The summed E-state index contributed by atoms with van der Waals surface area (Å²) in [5, 5.41) is 6.44. The molecule has 1 unspecified atom stereocenters. The molecule has 1 atom stereocenters. The van der Waals surface area contributed by atoms with Crippen molar-refractivity contribution in [1.82, 2.24) is 20.6 Å². The van der Waals surface area contributed by atoms with E-state index in [9.17, 15) is 0 Å². The first-order valence-electron chi connectivity index (χ1n) is 3.59. The highest BCUT2D eigenvalue weighted by atomic mass is 15.3. The number of hydrogen-bond acceptors (Lipinski definition) is 4. The molecule has 0 spiro atoms. The second kappa shape index (κ2) is 4.49. The third-order valence-corrected chi connectivity index (χ3v) is 1.45. The summed E-state index contributed by atoms with van der Waals surface area (Å²) in [6, 6.07) is -0.0695. The molecule has 5 heteroatoms. The third kappa shape index (κ3) is 2.05. The summed E-state index contributed by atoms with van der Waals surface area (Å²) in [5.74, 6) is 11.7. The van der Waals surface area contributed by atoms with Crippen LogP contribution in [0, 0.1) is 11.8 Å². The first-order valence-corrected chi connectivity index (χ1v) is 3.59. The summed E-state index contributed by atoms with van der Waals surface area (Å²) >= 11 is 0. The number of nitrogens with zero attached hydrogens (tertiary/aromatic N) is 2. The van der Waals surface area contributed by atoms with Crippen molar-refractivity contribution < 1.29 is 0 Å². The van der Waals surface area contributed by atoms with Gasteiger partial charge in [-0.25, -0.2) is 10.4 Å². The largest absolute Gasteiger partial charge is 0.271 e. The topological polar surface area (TPSA) is 79.6 Å². The van der Waals surface area contributed by atoms with Crippen LogP contribution in [0.2, 0.25) is 0 Å². The lowest BCUT2D eigenvalue weighted by molar-refractivity contribution is 0.539. The SMILES string of the molecule is CC#CCC(NN)c1ncn[nH]1. The molecule has 1 aromatic rings. The minimum Gasteiger partial charge on any atom is -0.271 e. The maximum atomic E-state index is 5.30. The zero-order chi connectivity index (χ0) is 8.81. The number of H-pyrrole nitrogens is 1. The van der Waals surface area contributed by atoms with E-state index < -0.39 is 0 Å². The lowest BCUT2D eigenvalue weighted by atomic mass is 10.2. The van der Waals surface area contributed by atoms with Crippen molar-refractivity contribution in [1.29, 1.82) is 0 Å². The van der Waals surface area contributed by atoms with Crippen molar-refractivity contribution in [3.8, 4) is 11.8 Å². The summed E-state index contributed by atoms with van der Waals surface area (Å²) in [5.41, 5.74) is 2.60. The fourth-order valence-electron chi connectivity index (χ4n) is 0.821. The van der Waals surface area contributed by atoms with Gasteiger partial charge in [0.1, 0.15) is 12.2 Å². The number of rotatable bonds is 3. The Morgan fingerprint density at radius 1 is 1.83 bits per heavy atom. The smallest absolute Gasteiger partial charge is 0.143 e. The fraction of sp³-hybridized carbons (Fsp3) is 0.429. The number of aromatic amines is 1. The Morgan fingerprint density at radius 2 is 2.67 bits per heavy atom. The van der Waals surface area contributed by atoms with Crippen LogP contribution in [0.15, 0.2) is 6.33 Å². The lowest BCUT2D eigenvalue weighted by Gasteiger charge is -2.07. The average molecular weight is 165 g/mol. The van der Waals surface area contributed by atoms with Gasteiger partial charge in [0.25, 0.3) is 0 Å². The van der Waals surface area contributed by atoms with Crippen LogP contribution in [-0.2, 0) is 0 Å². The van der Waals surface area contributed by atoms with E-state index in [1.807, 2.05) is 0 Å². The molecule has 12 heavy (non-hydrogen) atoms. The molecular formula is C7H11N5. The van der Waals surface area contributed by atoms with Crippen LogP contribution >= 0.6 is 0 Å². The van der Waals surface area contributed by atoms with Crippen molar-refractivity contribution in [3.63, 3.8) is 0 Å². The van der Waals surface area contributed by atoms with Crippen LogP contribution in [0.25, 0.3) is 0 Å². The summed E-state index contributed by atoms with van der Waals surface area (Å²) in [6.07, 6.45) is 2.07. The van der Waals surface area contributed by atoms with E-state index in [4.69, 9.17) is 5.84 Å². The van der Waals surface area contributed by atoms with Gasteiger partial charge < -0.3 is 0 Å². The van der Waals surface area contributed by atoms with Gasteiger partial charge in [-0.1, -0.05) is 0 Å². The molecule has 64 valence electrons. The van der Waals surface area contributed by atoms with E-state index in [1.54, 1.807) is 6.92 Å². The molecule has 0 aliphatic carbocycles. The predicted octanol–water partition coefficient (Wildman–Crippen LogP) is -0.278. The summed E-state index contributed by atoms with van der Waals surface area (Å²) < 4.78 is 0. The van der Waals surface area contributed by atoms with E-state index in [0.29, 0.717) is 12.2 Å². The number of hydrazine groups is 1. The van der Waals surface area contributed by atoms with Crippen LogP contribution in [0.1, 0.15) is 25.2 Å². The van der Waals surface area contributed by atoms with Gasteiger partial charge in [0.15, 0.2) is 0 Å². The zero-order valence-corrected chi connectivity index (χ0v) is 6.83. The van der Waals surface area contributed by atoms with E-state index in [1.165, 1.54) is 6.33 Å². The molecule has 0 saturated carbocycles. The Labute approximate surface area is 70.7 Å². The summed E-state index contributed by atoms with van der Waals surface area (Å²) in [6.45, 7) is 1.79. The summed E-state index contributed by atoms with van der Waals surface area (Å²) in [7, 11) is 0. The molecule has 0 fully saturated rings. The zero-order valence-electron chi connectivity index (χ0n) is 6.83. The Morgan fingerprint density at radius 3 is 3.17 bits per heavy atom. The molecule has 1 heterocycles. The maximum absolute atomic E-state index is 5.30. The van der Waals surface area contributed by atoms with Crippen LogP contribution in [-0.4, -0.2) is 15.2 Å². The van der Waals surface area contributed by atoms with Gasteiger partial charge in [-0.05, 0) is 6.92 Å². The number of nitrogens with two attached hydrogens (primary N) is 1. The fourth-order valence-corrected chi connectivity index (χ4v) is 0.821. The van der Waals surface area contributed by atoms with Crippen molar-refractivity contribution in [2.45, 2.75) is 19.4 Å². The van der Waals surface area contributed by atoms with Crippen LogP contribution in [0.5, 0.6) is 0 Å². The molecular weight excluding hydrogens is 154 g/mol. The predicted molar refractivity (Wildman–Crippen MR) is 44.5 cm³/mol. The van der Waals surface area contributed by atoms with Gasteiger partial charge in [0.2, 0.25) is 0 Å². The van der Waals surface area contributed by atoms with E-state index in [2.05, 4.69) is 32.4 Å². The number of aromatic nitrogens is 3. The van der Waals surface area contributed by atoms with Crippen LogP contribution in [0.3, 0.4) is 0 Å². The first-order chi connectivity index (χ1) is 5.88. The summed E-state index contributed by atoms with van der Waals surface area (Å²) in [4.78, 5) is 3.96. The molecule has 0 aromatic carbocycles. The van der Waals surface area contributed by atoms with Crippen LogP contribution < -0.4 is 11.3 Å². The highest BCUT2D eigenvalue weighted by Gasteiger charge is 2.09. The second-order valence-electron chi connectivity index (χ2n) is 2.22. The minimum atomic E-state index is -0.0695. The second-order valence-corrected chi connectivity index (χ2v) is 2.22. The highest BCUT2D eigenvalue weighted by molar-refractivity contribution is 5.02. The lowest BCUT2D eigenvalue weighted by Crippen LogP contribution is -2.28. The van der Waals surface area contributed by atoms with Gasteiger partial charge in [0.05, 0.1) is 6.04 Å². The molecule has 0 aliphatic rings. The molecule has 0 saturated heterocycles. The maximum Gasteiger partial charge on any atom is 0.143 e. The standard InChI is InChI=1S/C7H11N5/c1-2-3-4-6(11-8)7-9-5-10-12-7/h5-6,11H,4,8H2,1H3,(H,9,10,12). The van der Waals surface area contributed by atoms with Crippen molar-refractivity contribution in [2.75, 3.05) is 0 Å². The Bertz CT molecular complexity index is 268. The quantitative estimate of drug-likeness (QED) is 0.327. The van der Waals surface area contributed by atoms with Gasteiger partial charge in [-0.15, -0.1) is 11.8 Å². The van der Waals surface area contributed by atoms with Crippen LogP contribution in [0.4, 0.5) is 0 Å². The van der Waals surface area contributed by atoms with Crippen molar-refractivity contribution in [2.24, 2.45) is 5.84 Å². The normalized spacial score (nSPS) is 11.8. The molecule has 0 aliphatic heterocycles. The molecule has 5 nitrogen and oxygen atoms in total. The average Bonchev–Trinajstić information content (AvgIpc) is 2.59. The van der Waals surface area contributed by atoms with E-state index >= 15 is 0 Å². The monoisotopic (exact) mass is 165 g/mol. The van der Waals surface area contributed by atoms with E-state index in [0.717, 1.165) is 0 Å². The van der Waals surface area contributed by atoms with Gasteiger partial charge in [0, 0.05) is 6.42 Å². The number of hydrogen-bond donors (Lipinski definition) is 3. The number of nitrogens with one attached hydrogen (secondary N) is 2. The molecule has 0 amide bonds. The minimum absolute atomic E-state index is 0.0695. The van der Waals surface area contributed by atoms with Gasteiger partial charge in [-0.2, -0.15) is 5.10 Å². The Balaban J connectivity index is 2.61. The molecule has 0 radical (unpaired) electrons. The Hall–Kier alpha value is -1.38. The molecule has 0 bridgehead atoms. The van der Waals surface area contributed by atoms with Crippen molar-refractivity contribution >= 4 is 0 Å². The van der Waals surface area contributed by atoms with Gasteiger partial charge in [-0.3, -0.25) is 10.9 Å². The van der Waals surface area contributed by atoms with E-state index in [-0.39, 0.29) is 6.04 Å². The molecule has 4 N–H and O–H groups in total. The third-order valence-electron chi connectivity index (χ3n) is 1.45. The molecule has 1 aromatic heterocycles. The Kier molecular flexibility index (Phi) is 3.26. The highest BCUT2D eigenvalue weighted by Crippen LogP contribution is 2.07. The molecule has 1 rings (SSSR count). The van der Waals surface area contributed by atoms with Gasteiger partial charge >= 0.3 is 0 Å². The van der Waals surface area contributed by atoms with Crippen molar-refractivity contribution in [3.05, 3.63) is 12.2 Å².